The number of ether oxygens (including phenoxy) is 5. The van der Waals surface area contributed by atoms with Gasteiger partial charge in [-0.05, 0) is 32.7 Å². The maximum absolute atomic E-state index is 13.6. The Labute approximate surface area is 371 Å². The summed E-state index contributed by atoms with van der Waals surface area (Å²) < 4.78 is 26.3. The third kappa shape index (κ3) is 15.6. The number of nitrogens with zero attached hydrogens (tertiary/aromatic N) is 6. The molecule has 5 heterocycles. The highest BCUT2D eigenvalue weighted by atomic mass is 16.9. The minimum absolute atomic E-state index is 0.0108. The topological polar surface area (TPSA) is 260 Å². The van der Waals surface area contributed by atoms with Crippen LogP contribution in [-0.4, -0.2) is 225 Å². The van der Waals surface area contributed by atoms with E-state index in [1.165, 1.54) is 16.7 Å². The van der Waals surface area contributed by atoms with Crippen LogP contribution in [0.2, 0.25) is 0 Å². The summed E-state index contributed by atoms with van der Waals surface area (Å²) in [5.74, 6) is -6.74. The second-order valence-corrected chi connectivity index (χ2v) is 17.3. The van der Waals surface area contributed by atoms with Gasteiger partial charge in [0.15, 0.2) is 5.78 Å². The van der Waals surface area contributed by atoms with Gasteiger partial charge in [0.1, 0.15) is 17.9 Å². The number of likely N-dealkylation sites (N-methyl/N-ethyl adjacent to an activating group) is 1. The summed E-state index contributed by atoms with van der Waals surface area (Å²) in [6, 6.07) is -1.75. The van der Waals surface area contributed by atoms with E-state index in [1.54, 1.807) is 20.9 Å². The number of amides is 3. The van der Waals surface area contributed by atoms with Gasteiger partial charge in [0, 0.05) is 84.1 Å². The van der Waals surface area contributed by atoms with Crippen LogP contribution in [0.5, 0.6) is 0 Å². The zero-order valence-electron chi connectivity index (χ0n) is 37.1. The zero-order chi connectivity index (χ0) is 46.5. The largest absolute Gasteiger partial charge is 0.422 e. The average molecular weight is 907 g/mol. The Bertz CT molecular complexity index is 1710. The molecule has 0 aromatic heterocycles. The highest BCUT2D eigenvalue weighted by Gasteiger charge is 2.42. The van der Waals surface area contributed by atoms with E-state index in [1.807, 2.05) is 19.6 Å². The van der Waals surface area contributed by atoms with E-state index in [0.29, 0.717) is 71.7 Å². The molecule has 23 nitrogen and oxygen atoms in total. The summed E-state index contributed by atoms with van der Waals surface area (Å²) in [4.78, 5) is 139. The fraction of sp³-hybridized carbons (Fsp3) is 0.756. The van der Waals surface area contributed by atoms with Gasteiger partial charge in [0.05, 0.1) is 45.8 Å². The monoisotopic (exact) mass is 906 g/mol. The number of esters is 5. The van der Waals surface area contributed by atoms with Crippen LogP contribution < -0.4 is 10.6 Å². The lowest BCUT2D eigenvalue weighted by Crippen LogP contribution is -2.55. The van der Waals surface area contributed by atoms with Crippen molar-refractivity contribution in [3.63, 3.8) is 0 Å². The highest BCUT2D eigenvalue weighted by Crippen LogP contribution is 2.25. The van der Waals surface area contributed by atoms with Crippen LogP contribution in [0.3, 0.4) is 0 Å². The molecule has 5 fully saturated rings. The van der Waals surface area contributed by atoms with Crippen molar-refractivity contribution < 1.29 is 71.6 Å². The molecule has 5 saturated heterocycles. The summed E-state index contributed by atoms with van der Waals surface area (Å²) in [6.07, 6.45) is -0.831. The Kier molecular flexibility index (Phi) is 18.5. The minimum atomic E-state index is -1.80. The molecule has 3 unspecified atom stereocenters. The van der Waals surface area contributed by atoms with Crippen LogP contribution >= 0.6 is 0 Å². The Balaban J connectivity index is 1.08. The number of rotatable bonds is 14. The van der Waals surface area contributed by atoms with Gasteiger partial charge in [-0.3, -0.25) is 72.4 Å². The molecule has 3 amide bonds. The smallest absolute Gasteiger partial charge is 0.412 e. The molecule has 23 heteroatoms. The maximum atomic E-state index is 13.6. The zero-order valence-corrected chi connectivity index (χ0v) is 37.1. The van der Waals surface area contributed by atoms with E-state index in [2.05, 4.69) is 10.6 Å². The minimum Gasteiger partial charge on any atom is -0.422 e. The molecule has 356 valence electrons. The van der Waals surface area contributed by atoms with Crippen LogP contribution in [-0.2, 0) is 71.6 Å². The average Bonchev–Trinajstić information content (AvgIpc) is 3.69. The van der Waals surface area contributed by atoms with Crippen molar-refractivity contribution in [2.75, 3.05) is 112 Å². The summed E-state index contributed by atoms with van der Waals surface area (Å²) in [5, 5.41) is 5.24. The lowest BCUT2D eigenvalue weighted by atomic mass is 9.89. The van der Waals surface area contributed by atoms with Crippen molar-refractivity contribution in [1.29, 1.82) is 0 Å². The van der Waals surface area contributed by atoms with Gasteiger partial charge in [-0.1, -0.05) is 13.8 Å². The van der Waals surface area contributed by atoms with Gasteiger partial charge in [0.25, 0.3) is 6.29 Å². The van der Waals surface area contributed by atoms with Crippen molar-refractivity contribution in [2.24, 2.45) is 11.8 Å². The van der Waals surface area contributed by atoms with Crippen molar-refractivity contribution in [3.05, 3.63) is 0 Å². The van der Waals surface area contributed by atoms with E-state index in [0.717, 1.165) is 0 Å². The molecule has 0 saturated carbocycles. The molecule has 5 atom stereocenters. The normalized spacial score (nSPS) is 26.8. The van der Waals surface area contributed by atoms with Crippen LogP contribution in [0.4, 0.5) is 0 Å². The van der Waals surface area contributed by atoms with Crippen LogP contribution in [0.1, 0.15) is 52.9 Å². The van der Waals surface area contributed by atoms with Gasteiger partial charge >= 0.3 is 36.3 Å². The first-order chi connectivity index (χ1) is 30.4. The lowest BCUT2D eigenvalue weighted by Gasteiger charge is -2.34. The number of hydrogen-bond acceptors (Lipinski definition) is 20. The molecule has 0 aliphatic carbocycles. The van der Waals surface area contributed by atoms with Crippen molar-refractivity contribution in [2.45, 2.75) is 77.7 Å². The third-order valence-electron chi connectivity index (χ3n) is 11.7. The van der Waals surface area contributed by atoms with E-state index in [-0.39, 0.29) is 76.8 Å². The number of carbonyl (C=O) groups excluding carboxylic acids is 10. The van der Waals surface area contributed by atoms with Gasteiger partial charge in [-0.2, -0.15) is 0 Å². The van der Waals surface area contributed by atoms with Crippen LogP contribution in [0, 0.1) is 11.8 Å². The molecule has 4 bridgehead atoms. The summed E-state index contributed by atoms with van der Waals surface area (Å²) in [6.45, 7) is 5.65. The van der Waals surface area contributed by atoms with Gasteiger partial charge in [-0.15, -0.1) is 0 Å². The first-order valence-electron chi connectivity index (χ1n) is 21.9. The molecule has 0 radical (unpaired) electrons. The second kappa shape index (κ2) is 23.7. The molecule has 5 aliphatic rings. The molecule has 5 rings (SSSR count). The molecular formula is C41H62N8O15. The Morgan fingerprint density at radius 1 is 0.641 bits per heavy atom. The van der Waals surface area contributed by atoms with Crippen molar-refractivity contribution >= 4 is 59.1 Å². The van der Waals surface area contributed by atoms with E-state index < -0.39 is 84.1 Å². The number of fused-ring (bicyclic) bond motifs is 7. The van der Waals surface area contributed by atoms with Crippen molar-refractivity contribution in [1.82, 2.24) is 40.0 Å². The molecule has 64 heavy (non-hydrogen) atoms. The Hall–Kier alpha value is -5.10. The third-order valence-corrected chi connectivity index (χ3v) is 11.7. The first-order valence-corrected chi connectivity index (χ1v) is 21.9. The molecule has 0 aromatic carbocycles. The molecule has 5 aliphatic heterocycles. The number of hydrogen-bond donors (Lipinski definition) is 2. The fourth-order valence-corrected chi connectivity index (χ4v) is 8.07. The fourth-order valence-electron chi connectivity index (χ4n) is 8.07. The van der Waals surface area contributed by atoms with Crippen molar-refractivity contribution in [3.8, 4) is 0 Å². The predicted molar refractivity (Wildman–Crippen MR) is 219 cm³/mol. The van der Waals surface area contributed by atoms with Crippen LogP contribution in [0.15, 0.2) is 0 Å². The number of likely N-dealkylation sites (tertiary alicyclic amines) is 1. The molecule has 2 N–H and O–H groups in total. The quantitative estimate of drug-likeness (QED) is 0.162. The first kappa shape index (κ1) is 49.9. The second-order valence-electron chi connectivity index (χ2n) is 17.3. The van der Waals surface area contributed by atoms with Crippen LogP contribution in [0.25, 0.3) is 0 Å². The highest BCUT2D eigenvalue weighted by molar-refractivity contribution is 5.93. The number of nitrogens with one attached hydrogen (secondary N) is 2. The number of carbonyl (C=O) groups is 10. The van der Waals surface area contributed by atoms with Gasteiger partial charge in [-0.25, -0.2) is 0 Å². The van der Waals surface area contributed by atoms with E-state index >= 15 is 0 Å². The Morgan fingerprint density at radius 3 is 1.66 bits per heavy atom. The van der Waals surface area contributed by atoms with Gasteiger partial charge in [0.2, 0.25) is 17.7 Å². The standard InChI is InChI=1S/C41H62N8O15/c1-26(2)30(38(58)43-27(3)39(59)49-9-5-6-31(49)40-60-33(53)21-44(4)22-34(54)61-40)18-29(51)19-42-32(52)8-7-28(50)20-45-10-12-46-14-16-48-17-15-47(13-11-45)24-36(56)63-41(62-35(55)23-46)64-37(57)25-48/h26-27,30-31,40-41H,5-25H2,1-4H3,(H,42,52)(H,43,58)/t27-,30+,31?/m1/s1. The number of ketones is 2. The SMILES string of the molecule is CC(C)[C@H](CC(=O)CNC(=O)CCC(=O)CN1CCN2CCN3CCN(CC1)CC(=O)OC(OC(=O)C2)OC(=O)C3)C(=O)N[C@H](C)C(=O)N1CCCC1C1OC(=O)CN(C)CC(=O)O1. The molecular weight excluding hydrogens is 844 g/mol. The number of cyclic esters (lactones) is 2. The predicted octanol–water partition coefficient (Wildman–Crippen LogP) is -3.30. The van der Waals surface area contributed by atoms with E-state index in [9.17, 15) is 47.9 Å². The van der Waals surface area contributed by atoms with Gasteiger partial charge < -0.3 is 39.2 Å². The number of Topliss-reactive ketones (excluding diaryl/α,β-unsaturated/α-hetero) is 2. The molecule has 0 aromatic rings. The summed E-state index contributed by atoms with van der Waals surface area (Å²) >= 11 is 0. The van der Waals surface area contributed by atoms with E-state index in [4.69, 9.17) is 23.7 Å². The molecule has 0 spiro atoms. The Morgan fingerprint density at radius 2 is 1.14 bits per heavy atom. The summed E-state index contributed by atoms with van der Waals surface area (Å²) in [7, 11) is 1.58. The lowest BCUT2D eigenvalue weighted by molar-refractivity contribution is -0.258. The summed E-state index contributed by atoms with van der Waals surface area (Å²) in [5.41, 5.74) is 0. The maximum Gasteiger partial charge on any atom is 0.412 e.